The number of nitrogens with zero attached hydrogens (tertiary/aromatic N) is 3. The number of rotatable bonds is 5. The predicted octanol–water partition coefficient (Wildman–Crippen LogP) is 2.68. The number of carbonyl (C=O) groups is 1. The van der Waals surface area contributed by atoms with Gasteiger partial charge in [0.05, 0.1) is 16.4 Å². The molecule has 0 aliphatic heterocycles. The predicted molar refractivity (Wildman–Crippen MR) is 84.7 cm³/mol. The lowest BCUT2D eigenvalue weighted by Crippen LogP contribution is -2.23. The van der Waals surface area contributed by atoms with E-state index in [1.807, 2.05) is 32.5 Å². The van der Waals surface area contributed by atoms with Crippen LogP contribution in [-0.4, -0.2) is 20.7 Å². The van der Waals surface area contributed by atoms with Crippen molar-refractivity contribution in [3.05, 3.63) is 32.5 Å². The number of nitrogens with one attached hydrogen (secondary N) is 1. The summed E-state index contributed by atoms with van der Waals surface area (Å²) in [5.74, 6) is -0.0355. The Morgan fingerprint density at radius 3 is 2.62 bits per heavy atom. The summed E-state index contributed by atoms with van der Waals surface area (Å²) in [6, 6.07) is 0. The molecule has 5 nitrogen and oxygen atoms in total. The van der Waals surface area contributed by atoms with E-state index in [4.69, 9.17) is 0 Å². The van der Waals surface area contributed by atoms with E-state index in [-0.39, 0.29) is 5.91 Å². The maximum absolute atomic E-state index is 12.4. The molecule has 0 bridgehead atoms. The molecular weight excluding hydrogens is 284 g/mol. The zero-order chi connectivity index (χ0) is 15.6. The molecule has 2 rings (SSSR count). The minimum absolute atomic E-state index is 0.0355. The summed E-state index contributed by atoms with van der Waals surface area (Å²) in [6.45, 7) is 8.52. The van der Waals surface area contributed by atoms with E-state index in [0.29, 0.717) is 6.54 Å². The summed E-state index contributed by atoms with van der Waals surface area (Å²) in [6.07, 6.45) is 1.84. The number of carbonyl (C=O) groups excluding carboxylic acids is 1. The summed E-state index contributed by atoms with van der Waals surface area (Å²) in [5.41, 5.74) is 4.05. The van der Waals surface area contributed by atoms with Crippen molar-refractivity contribution in [2.45, 2.75) is 47.1 Å². The molecule has 0 radical (unpaired) electrons. The first-order valence-electron chi connectivity index (χ1n) is 7.17. The highest BCUT2D eigenvalue weighted by Crippen LogP contribution is 2.20. The molecule has 2 aromatic heterocycles. The van der Waals surface area contributed by atoms with Gasteiger partial charge in [-0.05, 0) is 27.2 Å². The normalized spacial score (nSPS) is 10.9. The van der Waals surface area contributed by atoms with Crippen molar-refractivity contribution in [1.29, 1.82) is 0 Å². The summed E-state index contributed by atoms with van der Waals surface area (Å²) < 4.78 is 1.84. The van der Waals surface area contributed by atoms with Gasteiger partial charge >= 0.3 is 0 Å². The van der Waals surface area contributed by atoms with Crippen molar-refractivity contribution in [3.8, 4) is 0 Å². The van der Waals surface area contributed by atoms with Gasteiger partial charge in [-0.3, -0.25) is 9.48 Å². The SMILES string of the molecule is CCCc1nc(C)sc1C(=O)NCc1c(C)nn(C)c1C. The molecule has 0 fully saturated rings. The maximum Gasteiger partial charge on any atom is 0.263 e. The Balaban J connectivity index is 2.12. The third-order valence-electron chi connectivity index (χ3n) is 3.58. The molecule has 6 heteroatoms. The Labute approximate surface area is 129 Å². The zero-order valence-electron chi connectivity index (χ0n) is 13.3. The van der Waals surface area contributed by atoms with Gasteiger partial charge < -0.3 is 5.32 Å². The van der Waals surface area contributed by atoms with Crippen LogP contribution in [0.3, 0.4) is 0 Å². The Morgan fingerprint density at radius 2 is 2.05 bits per heavy atom. The van der Waals surface area contributed by atoms with Gasteiger partial charge in [0.1, 0.15) is 4.88 Å². The fraction of sp³-hybridized carbons (Fsp3) is 0.533. The molecule has 1 N–H and O–H groups in total. The van der Waals surface area contributed by atoms with Gasteiger partial charge in [-0.15, -0.1) is 11.3 Å². The van der Waals surface area contributed by atoms with E-state index < -0.39 is 0 Å². The van der Waals surface area contributed by atoms with Gasteiger partial charge in [0.2, 0.25) is 0 Å². The zero-order valence-corrected chi connectivity index (χ0v) is 14.1. The number of amides is 1. The molecule has 0 unspecified atom stereocenters. The van der Waals surface area contributed by atoms with Crippen LogP contribution < -0.4 is 5.32 Å². The van der Waals surface area contributed by atoms with Crippen molar-refractivity contribution < 1.29 is 4.79 Å². The number of hydrogen-bond donors (Lipinski definition) is 1. The summed E-state index contributed by atoms with van der Waals surface area (Å²) >= 11 is 1.47. The molecular formula is C15H22N4OS. The van der Waals surface area contributed by atoms with E-state index in [1.165, 1.54) is 11.3 Å². The number of hydrogen-bond acceptors (Lipinski definition) is 4. The molecule has 0 aliphatic rings. The highest BCUT2D eigenvalue weighted by molar-refractivity contribution is 7.13. The molecule has 114 valence electrons. The van der Waals surface area contributed by atoms with Gasteiger partial charge in [0, 0.05) is 24.8 Å². The van der Waals surface area contributed by atoms with E-state index in [9.17, 15) is 4.79 Å². The van der Waals surface area contributed by atoms with Gasteiger partial charge in [-0.1, -0.05) is 13.3 Å². The Kier molecular flexibility index (Phi) is 4.77. The van der Waals surface area contributed by atoms with Crippen LogP contribution in [0.4, 0.5) is 0 Å². The van der Waals surface area contributed by atoms with Crippen LogP contribution in [0.5, 0.6) is 0 Å². The van der Waals surface area contributed by atoms with Gasteiger partial charge in [-0.2, -0.15) is 5.10 Å². The summed E-state index contributed by atoms with van der Waals surface area (Å²) in [7, 11) is 1.92. The van der Waals surface area contributed by atoms with Crippen molar-refractivity contribution in [1.82, 2.24) is 20.1 Å². The lowest BCUT2D eigenvalue weighted by Gasteiger charge is -2.05. The first-order valence-corrected chi connectivity index (χ1v) is 7.99. The third kappa shape index (κ3) is 3.32. The molecule has 2 heterocycles. The van der Waals surface area contributed by atoms with Crippen LogP contribution in [0.2, 0.25) is 0 Å². The molecule has 0 atom stereocenters. The van der Waals surface area contributed by atoms with E-state index in [1.54, 1.807) is 0 Å². The lowest BCUT2D eigenvalue weighted by molar-refractivity contribution is 0.0953. The highest BCUT2D eigenvalue weighted by atomic mass is 32.1. The Morgan fingerprint density at radius 1 is 1.33 bits per heavy atom. The Hall–Kier alpha value is -1.69. The Bertz CT molecular complexity index is 657. The summed E-state index contributed by atoms with van der Waals surface area (Å²) in [4.78, 5) is 17.6. The van der Waals surface area contributed by atoms with Gasteiger partial charge in [0.25, 0.3) is 5.91 Å². The quantitative estimate of drug-likeness (QED) is 0.924. The van der Waals surface area contributed by atoms with Crippen molar-refractivity contribution in [3.63, 3.8) is 0 Å². The average Bonchev–Trinajstić information content (AvgIpc) is 2.90. The van der Waals surface area contributed by atoms with E-state index in [0.717, 1.165) is 45.4 Å². The standard InChI is InChI=1S/C15H22N4OS/c1-6-7-13-14(21-11(4)17-13)15(20)16-8-12-9(2)18-19(5)10(12)3/h6-8H2,1-5H3,(H,16,20). The minimum Gasteiger partial charge on any atom is -0.347 e. The molecule has 1 amide bonds. The fourth-order valence-corrected chi connectivity index (χ4v) is 3.26. The van der Waals surface area contributed by atoms with Crippen LogP contribution in [0.25, 0.3) is 0 Å². The minimum atomic E-state index is -0.0355. The molecule has 0 saturated heterocycles. The third-order valence-corrected chi connectivity index (χ3v) is 4.59. The second kappa shape index (κ2) is 6.39. The van der Waals surface area contributed by atoms with Crippen molar-refractivity contribution >= 4 is 17.2 Å². The van der Waals surface area contributed by atoms with E-state index >= 15 is 0 Å². The van der Waals surface area contributed by atoms with Crippen molar-refractivity contribution in [2.24, 2.45) is 7.05 Å². The highest BCUT2D eigenvalue weighted by Gasteiger charge is 2.17. The van der Waals surface area contributed by atoms with Gasteiger partial charge in [0.15, 0.2) is 0 Å². The smallest absolute Gasteiger partial charge is 0.263 e. The molecule has 0 saturated carbocycles. The van der Waals surface area contributed by atoms with Crippen LogP contribution in [0.15, 0.2) is 0 Å². The molecule has 0 aromatic carbocycles. The molecule has 21 heavy (non-hydrogen) atoms. The molecule has 0 spiro atoms. The first kappa shape index (κ1) is 15.7. The van der Waals surface area contributed by atoms with Gasteiger partial charge in [-0.25, -0.2) is 4.98 Å². The van der Waals surface area contributed by atoms with E-state index in [2.05, 4.69) is 22.3 Å². The molecule has 0 aliphatic carbocycles. The van der Waals surface area contributed by atoms with Crippen molar-refractivity contribution in [2.75, 3.05) is 0 Å². The summed E-state index contributed by atoms with van der Waals surface area (Å²) in [5, 5.41) is 8.31. The average molecular weight is 306 g/mol. The fourth-order valence-electron chi connectivity index (χ4n) is 2.38. The number of thiazole rings is 1. The lowest BCUT2D eigenvalue weighted by atomic mass is 10.2. The first-order chi connectivity index (χ1) is 9.93. The number of aromatic nitrogens is 3. The molecule has 2 aromatic rings. The monoisotopic (exact) mass is 306 g/mol. The number of aryl methyl sites for hydroxylation is 4. The second-order valence-electron chi connectivity index (χ2n) is 5.21. The maximum atomic E-state index is 12.4. The van der Waals surface area contributed by atoms with Crippen LogP contribution in [-0.2, 0) is 20.0 Å². The van der Waals surface area contributed by atoms with Crippen LogP contribution in [0.1, 0.15) is 50.7 Å². The largest absolute Gasteiger partial charge is 0.347 e. The topological polar surface area (TPSA) is 59.8 Å². The van der Waals surface area contributed by atoms with Crippen LogP contribution in [0, 0.1) is 20.8 Å². The van der Waals surface area contributed by atoms with Crippen LogP contribution >= 0.6 is 11.3 Å². The second-order valence-corrected chi connectivity index (χ2v) is 6.42.